The van der Waals surface area contributed by atoms with Gasteiger partial charge >= 0.3 is 6.09 Å². The quantitative estimate of drug-likeness (QED) is 0.737. The van der Waals surface area contributed by atoms with Gasteiger partial charge in [0.25, 0.3) is 0 Å². The van der Waals surface area contributed by atoms with Gasteiger partial charge in [0.2, 0.25) is 0 Å². The first-order chi connectivity index (χ1) is 9.46. The summed E-state index contributed by atoms with van der Waals surface area (Å²) in [5.74, 6) is 0. The highest BCUT2D eigenvalue weighted by molar-refractivity contribution is 5.68. The van der Waals surface area contributed by atoms with E-state index in [1.807, 2.05) is 50.0 Å². The van der Waals surface area contributed by atoms with Crippen molar-refractivity contribution in [2.75, 3.05) is 13.1 Å². The Morgan fingerprint density at radius 3 is 2.10 bits per heavy atom. The molecule has 0 bridgehead atoms. The molecule has 0 saturated carbocycles. The summed E-state index contributed by atoms with van der Waals surface area (Å²) in [5.41, 5.74) is -0.421. The monoisotopic (exact) mass is 276 g/mol. The normalized spacial score (nSPS) is 20.1. The Morgan fingerprint density at radius 1 is 1.05 bits per heavy atom. The van der Waals surface area contributed by atoms with E-state index >= 15 is 0 Å². The predicted molar refractivity (Wildman–Crippen MR) is 80.1 cm³/mol. The molecule has 0 aliphatic carbocycles. The summed E-state index contributed by atoms with van der Waals surface area (Å²) in [6, 6.07) is 0.459. The molecule has 0 N–H and O–H groups in total. The summed E-state index contributed by atoms with van der Waals surface area (Å²) in [5, 5.41) is 0. The van der Waals surface area contributed by atoms with Crippen molar-refractivity contribution in [2.45, 2.75) is 45.3 Å². The number of rotatable bonds is 1. The van der Waals surface area contributed by atoms with Crippen molar-refractivity contribution in [3.63, 3.8) is 0 Å². The number of allylic oxidation sites excluding steroid dienone is 4. The van der Waals surface area contributed by atoms with Gasteiger partial charge in [-0.25, -0.2) is 4.79 Å². The molecule has 2 aliphatic heterocycles. The number of nitrogens with zero attached hydrogens (tertiary/aromatic N) is 2. The summed E-state index contributed by atoms with van der Waals surface area (Å²) in [4.78, 5) is 16.0. The first-order valence-electron chi connectivity index (χ1n) is 7.23. The molecule has 1 fully saturated rings. The second kappa shape index (κ2) is 6.16. The third kappa shape index (κ3) is 4.15. The van der Waals surface area contributed by atoms with Crippen LogP contribution in [0.5, 0.6) is 0 Å². The summed E-state index contributed by atoms with van der Waals surface area (Å²) in [6.45, 7) is 7.21. The van der Waals surface area contributed by atoms with Crippen molar-refractivity contribution in [3.05, 3.63) is 36.7 Å². The minimum absolute atomic E-state index is 0.195. The fourth-order valence-electron chi connectivity index (χ4n) is 2.39. The van der Waals surface area contributed by atoms with E-state index in [4.69, 9.17) is 4.74 Å². The maximum Gasteiger partial charge on any atom is 0.410 e. The van der Waals surface area contributed by atoms with E-state index in [0.717, 1.165) is 25.9 Å². The van der Waals surface area contributed by atoms with Crippen molar-refractivity contribution in [1.29, 1.82) is 0 Å². The molecular formula is C16H24N2O2. The average molecular weight is 276 g/mol. The van der Waals surface area contributed by atoms with Crippen LogP contribution in [0.25, 0.3) is 0 Å². The smallest absolute Gasteiger partial charge is 0.410 e. The molecule has 0 aromatic rings. The van der Waals surface area contributed by atoms with Crippen LogP contribution in [0.2, 0.25) is 0 Å². The van der Waals surface area contributed by atoms with Crippen LogP contribution >= 0.6 is 0 Å². The van der Waals surface area contributed by atoms with Gasteiger partial charge in [0, 0.05) is 31.5 Å². The molecule has 2 rings (SSSR count). The Balaban J connectivity index is 1.85. The van der Waals surface area contributed by atoms with E-state index in [9.17, 15) is 4.79 Å². The van der Waals surface area contributed by atoms with E-state index in [2.05, 4.69) is 17.3 Å². The topological polar surface area (TPSA) is 32.8 Å². The number of amides is 1. The number of carbonyl (C=O) groups excluding carboxylic acids is 1. The summed E-state index contributed by atoms with van der Waals surface area (Å²) in [7, 11) is 0. The van der Waals surface area contributed by atoms with Gasteiger partial charge in [-0.05, 0) is 45.8 Å². The molecule has 110 valence electrons. The van der Waals surface area contributed by atoms with Crippen LogP contribution in [-0.4, -0.2) is 40.6 Å². The summed E-state index contributed by atoms with van der Waals surface area (Å²) in [6.07, 6.45) is 14.0. The highest BCUT2D eigenvalue weighted by atomic mass is 16.6. The first-order valence-corrected chi connectivity index (χ1v) is 7.23. The van der Waals surface area contributed by atoms with E-state index in [1.54, 1.807) is 0 Å². The standard InChI is InChI=1S/C16H24N2O2/c1-16(2,3)20-15(19)18-12-8-14(9-13-18)17-10-6-4-5-7-11-17/h4-7,10-11,14H,8-9,12-13H2,1-3H3. The van der Waals surface area contributed by atoms with Crippen LogP contribution in [0.1, 0.15) is 33.6 Å². The van der Waals surface area contributed by atoms with Crippen LogP contribution in [0.4, 0.5) is 4.79 Å². The maximum absolute atomic E-state index is 12.0. The fourth-order valence-corrected chi connectivity index (χ4v) is 2.39. The zero-order valence-corrected chi connectivity index (χ0v) is 12.6. The number of ether oxygens (including phenoxy) is 1. The minimum Gasteiger partial charge on any atom is -0.444 e. The molecule has 4 heteroatoms. The van der Waals surface area contributed by atoms with Crippen molar-refractivity contribution in [2.24, 2.45) is 0 Å². The number of piperidine rings is 1. The Hall–Kier alpha value is -1.71. The Kier molecular flexibility index (Phi) is 4.53. The lowest BCUT2D eigenvalue weighted by Gasteiger charge is -2.37. The predicted octanol–water partition coefficient (Wildman–Crippen LogP) is 3.29. The lowest BCUT2D eigenvalue weighted by molar-refractivity contribution is 0.0179. The molecule has 1 amide bonds. The molecule has 0 atom stereocenters. The van der Waals surface area contributed by atoms with Gasteiger partial charge in [0.15, 0.2) is 0 Å². The molecule has 20 heavy (non-hydrogen) atoms. The number of carbonyl (C=O) groups is 1. The highest BCUT2D eigenvalue weighted by Gasteiger charge is 2.28. The second-order valence-electron chi connectivity index (χ2n) is 6.21. The molecule has 0 spiro atoms. The molecule has 1 saturated heterocycles. The average Bonchev–Trinajstić information content (AvgIpc) is 2.66. The van der Waals surface area contributed by atoms with Crippen molar-refractivity contribution >= 4 is 6.09 Å². The van der Waals surface area contributed by atoms with Crippen molar-refractivity contribution in [3.8, 4) is 0 Å². The number of hydrogen-bond donors (Lipinski definition) is 0. The van der Waals surface area contributed by atoms with Gasteiger partial charge in [-0.2, -0.15) is 0 Å². The minimum atomic E-state index is -0.421. The Morgan fingerprint density at radius 2 is 1.60 bits per heavy atom. The van der Waals surface area contributed by atoms with Gasteiger partial charge in [-0.15, -0.1) is 0 Å². The molecule has 0 unspecified atom stereocenters. The van der Waals surface area contributed by atoms with E-state index in [1.165, 1.54) is 0 Å². The van der Waals surface area contributed by atoms with Gasteiger partial charge in [0.05, 0.1) is 0 Å². The van der Waals surface area contributed by atoms with Crippen molar-refractivity contribution < 1.29 is 9.53 Å². The zero-order chi connectivity index (χ0) is 14.6. The molecule has 2 heterocycles. The molecular weight excluding hydrogens is 252 g/mol. The van der Waals surface area contributed by atoms with E-state index in [-0.39, 0.29) is 6.09 Å². The maximum atomic E-state index is 12.0. The largest absolute Gasteiger partial charge is 0.444 e. The van der Waals surface area contributed by atoms with Crippen LogP contribution < -0.4 is 0 Å². The SMILES string of the molecule is CC(C)(C)OC(=O)N1CCC(N2C=CC=CC=C2)CC1. The Labute approximate surface area is 121 Å². The van der Waals surface area contributed by atoms with Gasteiger partial charge in [0.1, 0.15) is 5.60 Å². The van der Waals surface area contributed by atoms with Gasteiger partial charge < -0.3 is 14.5 Å². The third-order valence-corrected chi connectivity index (χ3v) is 3.39. The van der Waals surface area contributed by atoms with E-state index in [0.29, 0.717) is 6.04 Å². The van der Waals surface area contributed by atoms with Crippen LogP contribution in [0, 0.1) is 0 Å². The van der Waals surface area contributed by atoms with Crippen molar-refractivity contribution in [1.82, 2.24) is 9.80 Å². The van der Waals surface area contributed by atoms with Crippen LogP contribution in [-0.2, 0) is 4.74 Å². The Bertz CT molecular complexity index is 408. The highest BCUT2D eigenvalue weighted by Crippen LogP contribution is 2.20. The second-order valence-corrected chi connectivity index (χ2v) is 6.21. The number of hydrogen-bond acceptors (Lipinski definition) is 3. The molecule has 0 aromatic carbocycles. The fraction of sp³-hybridized carbons (Fsp3) is 0.562. The zero-order valence-electron chi connectivity index (χ0n) is 12.6. The lowest BCUT2D eigenvalue weighted by Crippen LogP contribution is -2.45. The first kappa shape index (κ1) is 14.7. The van der Waals surface area contributed by atoms with Gasteiger partial charge in [-0.1, -0.05) is 12.2 Å². The summed E-state index contributed by atoms with van der Waals surface area (Å²) >= 11 is 0. The molecule has 0 aromatic heterocycles. The molecule has 0 radical (unpaired) electrons. The van der Waals surface area contributed by atoms with Crippen LogP contribution in [0.3, 0.4) is 0 Å². The van der Waals surface area contributed by atoms with E-state index < -0.39 is 5.60 Å². The third-order valence-electron chi connectivity index (χ3n) is 3.39. The van der Waals surface area contributed by atoms with Crippen LogP contribution in [0.15, 0.2) is 36.7 Å². The molecule has 4 nitrogen and oxygen atoms in total. The van der Waals surface area contributed by atoms with Gasteiger partial charge in [-0.3, -0.25) is 0 Å². The molecule has 2 aliphatic rings. The lowest BCUT2D eigenvalue weighted by atomic mass is 10.0. The number of likely N-dealkylation sites (tertiary alicyclic amines) is 1. The summed E-state index contributed by atoms with van der Waals surface area (Å²) < 4.78 is 5.41.